The first-order valence-corrected chi connectivity index (χ1v) is 9.52. The fourth-order valence-corrected chi connectivity index (χ4v) is 3.24. The van der Waals surface area contributed by atoms with Crippen LogP contribution in [0.4, 0.5) is 5.69 Å². The average Bonchev–Trinajstić information content (AvgIpc) is 2.79. The van der Waals surface area contributed by atoms with E-state index in [2.05, 4.69) is 10.5 Å². The van der Waals surface area contributed by atoms with Gasteiger partial charge in [-0.3, -0.25) is 4.79 Å². The summed E-state index contributed by atoms with van der Waals surface area (Å²) < 4.78 is 0. The van der Waals surface area contributed by atoms with Gasteiger partial charge in [0.15, 0.2) is 5.69 Å². The molecule has 0 bridgehead atoms. The molecule has 0 spiro atoms. The minimum Gasteiger partial charge on any atom is -0.595 e. The molecule has 7 heteroatoms. The predicted molar refractivity (Wildman–Crippen MR) is 117 cm³/mol. The Balaban J connectivity index is 1.68. The van der Waals surface area contributed by atoms with Crippen molar-refractivity contribution < 1.29 is 20.3 Å². The molecule has 0 aromatic heterocycles. The summed E-state index contributed by atoms with van der Waals surface area (Å²) >= 11 is 0. The normalized spacial score (nSPS) is 12.5. The molecule has 4 N–H and O–H groups in total. The minimum atomic E-state index is -1.02. The van der Waals surface area contributed by atoms with Crippen LogP contribution in [0.15, 0.2) is 96.1 Å². The van der Waals surface area contributed by atoms with Crippen LogP contribution in [0.2, 0.25) is 0 Å². The van der Waals surface area contributed by atoms with Crippen molar-refractivity contribution >= 4 is 28.1 Å². The van der Waals surface area contributed by atoms with Crippen molar-refractivity contribution in [2.75, 3.05) is 0 Å². The highest BCUT2D eigenvalue weighted by Crippen LogP contribution is 2.25. The zero-order valence-electron chi connectivity index (χ0n) is 16.3. The Labute approximate surface area is 178 Å². The predicted octanol–water partition coefficient (Wildman–Crippen LogP) is 3.13. The summed E-state index contributed by atoms with van der Waals surface area (Å²) in [5.41, 5.74) is 4.62. The number of rotatable bonds is 5. The van der Waals surface area contributed by atoms with Gasteiger partial charge in [0.2, 0.25) is 0 Å². The van der Waals surface area contributed by atoms with Gasteiger partial charge in [0.05, 0.1) is 11.3 Å². The molecule has 1 unspecified atom stereocenters. The fraction of sp³-hybridized carbons (Fsp3) is 0. The second kappa shape index (κ2) is 8.76. The summed E-state index contributed by atoms with van der Waals surface area (Å²) in [6.07, 6.45) is 0. The van der Waals surface area contributed by atoms with Crippen LogP contribution < -0.4 is 10.7 Å². The van der Waals surface area contributed by atoms with Crippen LogP contribution in [-0.2, 0) is 0 Å². The third kappa shape index (κ3) is 4.44. The third-order valence-corrected chi connectivity index (χ3v) is 4.83. The van der Waals surface area contributed by atoms with Gasteiger partial charge in [0.1, 0.15) is 5.75 Å². The number of fused-ring (bicyclic) bond motifs is 1. The molecular formula is C24H19N3O4. The molecule has 0 heterocycles. The first-order chi connectivity index (χ1) is 15.0. The van der Waals surface area contributed by atoms with Gasteiger partial charge in [-0.15, -0.1) is 0 Å². The van der Waals surface area contributed by atoms with Crippen molar-refractivity contribution in [3.63, 3.8) is 0 Å². The molecule has 154 valence electrons. The average molecular weight is 413 g/mol. The van der Waals surface area contributed by atoms with E-state index >= 15 is 0 Å². The highest BCUT2D eigenvalue weighted by Gasteiger charge is 2.14. The maximum atomic E-state index is 12.8. The Kier molecular flexibility index (Phi) is 5.72. The van der Waals surface area contributed by atoms with E-state index in [9.17, 15) is 15.1 Å². The van der Waals surface area contributed by atoms with Gasteiger partial charge in [-0.25, -0.2) is 10.6 Å². The number of carbonyl (C=O) groups is 1. The van der Waals surface area contributed by atoms with E-state index in [1.165, 1.54) is 18.2 Å². The van der Waals surface area contributed by atoms with Crippen LogP contribution in [-0.4, -0.2) is 21.9 Å². The number of hydrogen-bond acceptors (Lipinski definition) is 5. The summed E-state index contributed by atoms with van der Waals surface area (Å²) in [5.74, 6) is -0.697. The Hall–Kier alpha value is -4.04. The second-order valence-electron chi connectivity index (χ2n) is 6.87. The van der Waals surface area contributed by atoms with Crippen molar-refractivity contribution in [3.05, 3.63) is 113 Å². The van der Waals surface area contributed by atoms with Crippen LogP contribution in [0, 0.1) is 5.21 Å². The monoisotopic (exact) mass is 413 g/mol. The topological polar surface area (TPSA) is 109 Å². The van der Waals surface area contributed by atoms with Crippen molar-refractivity contribution in [3.8, 4) is 5.75 Å². The lowest BCUT2D eigenvalue weighted by atomic mass is 10.0. The lowest BCUT2D eigenvalue weighted by Gasteiger charge is -2.13. The van der Waals surface area contributed by atoms with Gasteiger partial charge < -0.3 is 10.3 Å². The van der Waals surface area contributed by atoms with E-state index in [4.69, 9.17) is 5.21 Å². The van der Waals surface area contributed by atoms with E-state index < -0.39 is 11.1 Å². The highest BCUT2D eigenvalue weighted by atomic mass is 16.8. The fourth-order valence-electron chi connectivity index (χ4n) is 3.24. The number of carbonyl (C=O) groups excluding carboxylic acids is 1. The Morgan fingerprint density at radius 2 is 1.42 bits per heavy atom. The van der Waals surface area contributed by atoms with Crippen LogP contribution in [0.25, 0.3) is 10.8 Å². The number of phenolic OH excluding ortho intramolecular Hbond substituents is 1. The number of nitrogens with zero attached hydrogens (tertiary/aromatic N) is 1. The highest BCUT2D eigenvalue weighted by molar-refractivity contribution is 6.13. The molecular weight excluding hydrogens is 394 g/mol. The zero-order valence-corrected chi connectivity index (χ0v) is 16.3. The molecule has 7 nitrogen and oxygen atoms in total. The van der Waals surface area contributed by atoms with Gasteiger partial charge in [-0.1, -0.05) is 54.6 Å². The molecule has 0 aliphatic carbocycles. The number of nitrogens with one attached hydrogen (secondary N) is 2. The van der Waals surface area contributed by atoms with E-state index in [0.717, 1.165) is 16.3 Å². The molecule has 0 aliphatic rings. The number of hydrogen-bond donors (Lipinski definition) is 4. The van der Waals surface area contributed by atoms with Crippen molar-refractivity contribution in [2.45, 2.75) is 0 Å². The molecule has 4 rings (SSSR count). The van der Waals surface area contributed by atoms with Crippen molar-refractivity contribution in [1.82, 2.24) is 5.43 Å². The largest absolute Gasteiger partial charge is 0.595 e. The second-order valence-corrected chi connectivity index (χ2v) is 6.87. The molecule has 1 atom stereocenters. The zero-order chi connectivity index (χ0) is 21.8. The van der Waals surface area contributed by atoms with Crippen LogP contribution in [0.1, 0.15) is 21.5 Å². The third-order valence-electron chi connectivity index (χ3n) is 4.83. The number of phenols is 1. The standard InChI is InChI=1S/C24H19N3O4/c28-22-15-19-9-5-4-8-18(19)14-21(22)24(29)26-25-23(16-6-2-1-3-7-16)17-10-12-20(13-11-17)27(30)31/h1-15,27-28,30H,(H,26,29). The van der Waals surface area contributed by atoms with Gasteiger partial charge in [0.25, 0.3) is 5.91 Å². The van der Waals surface area contributed by atoms with E-state index in [-0.39, 0.29) is 17.0 Å². The summed E-state index contributed by atoms with van der Waals surface area (Å²) in [6, 6.07) is 26.0. The molecule has 0 radical (unpaired) electrons. The van der Waals surface area contributed by atoms with Crippen LogP contribution >= 0.6 is 0 Å². The Morgan fingerprint density at radius 3 is 2.06 bits per heavy atom. The first kappa shape index (κ1) is 20.2. The van der Waals surface area contributed by atoms with Gasteiger partial charge in [-0.05, 0) is 35.0 Å². The van der Waals surface area contributed by atoms with Crippen molar-refractivity contribution in [2.24, 2.45) is 5.10 Å². The number of quaternary nitrogens is 1. The molecule has 0 fully saturated rings. The van der Waals surface area contributed by atoms with Gasteiger partial charge in [-0.2, -0.15) is 10.3 Å². The SMILES string of the molecule is O=C(NN=C(c1ccccc1)c1ccc([NH+]([O-])O)cc1)c1cc2ccccc2cc1O. The number of amides is 1. The van der Waals surface area contributed by atoms with Crippen LogP contribution in [0.5, 0.6) is 5.75 Å². The molecule has 0 saturated carbocycles. The summed E-state index contributed by atoms with van der Waals surface area (Å²) in [6.45, 7) is 0. The molecule has 31 heavy (non-hydrogen) atoms. The van der Waals surface area contributed by atoms with Gasteiger partial charge >= 0.3 is 0 Å². The number of aromatic hydroxyl groups is 1. The van der Waals surface area contributed by atoms with Crippen LogP contribution in [0.3, 0.4) is 0 Å². The van der Waals surface area contributed by atoms with Gasteiger partial charge in [0, 0.05) is 23.3 Å². The van der Waals surface area contributed by atoms with E-state index in [1.54, 1.807) is 18.2 Å². The number of hydrazone groups is 1. The minimum absolute atomic E-state index is 0.107. The maximum Gasteiger partial charge on any atom is 0.275 e. The van der Waals surface area contributed by atoms with Crippen molar-refractivity contribution in [1.29, 1.82) is 0 Å². The summed E-state index contributed by atoms with van der Waals surface area (Å²) in [4.78, 5) is 12.8. The number of benzene rings is 4. The maximum absolute atomic E-state index is 12.8. The lowest BCUT2D eigenvalue weighted by Crippen LogP contribution is -2.99. The molecule has 0 saturated heterocycles. The first-order valence-electron chi connectivity index (χ1n) is 9.52. The molecule has 4 aromatic rings. The Morgan fingerprint density at radius 1 is 0.839 bits per heavy atom. The van der Waals surface area contributed by atoms with E-state index in [0.29, 0.717) is 11.3 Å². The summed E-state index contributed by atoms with van der Waals surface area (Å²) in [7, 11) is 0. The smallest absolute Gasteiger partial charge is 0.275 e. The lowest BCUT2D eigenvalue weighted by molar-refractivity contribution is -0.991. The molecule has 1 amide bonds. The Bertz CT molecular complexity index is 1250. The molecule has 0 aliphatic heterocycles. The van der Waals surface area contributed by atoms with E-state index in [1.807, 2.05) is 54.6 Å². The molecule has 4 aromatic carbocycles. The summed E-state index contributed by atoms with van der Waals surface area (Å²) in [5, 5.41) is 35.5. The quantitative estimate of drug-likeness (QED) is 0.298.